The third-order valence-corrected chi connectivity index (χ3v) is 5.39. The summed E-state index contributed by atoms with van der Waals surface area (Å²) in [7, 11) is 0. The molecule has 32 heavy (non-hydrogen) atoms. The minimum Gasteiger partial charge on any atom is -0.460 e. The molecule has 0 unspecified atom stereocenters. The summed E-state index contributed by atoms with van der Waals surface area (Å²) in [4.78, 5) is 25.2. The lowest BCUT2D eigenvalue weighted by Gasteiger charge is -2.31. The van der Waals surface area contributed by atoms with E-state index in [-0.39, 0.29) is 25.0 Å². The van der Waals surface area contributed by atoms with E-state index in [1.165, 1.54) is 5.56 Å². The minimum absolute atomic E-state index is 0.0210. The third-order valence-electron chi connectivity index (χ3n) is 5.39. The molecular formula is C26H40O6. The van der Waals surface area contributed by atoms with Gasteiger partial charge in [0, 0.05) is 12.5 Å². The first-order valence-electron chi connectivity index (χ1n) is 11.7. The number of hydrogen-bond donors (Lipinski definition) is 0. The van der Waals surface area contributed by atoms with Gasteiger partial charge in [-0.25, -0.2) is 0 Å². The summed E-state index contributed by atoms with van der Waals surface area (Å²) in [5, 5.41) is 0. The van der Waals surface area contributed by atoms with Crippen molar-refractivity contribution >= 4 is 11.9 Å². The number of esters is 2. The maximum absolute atomic E-state index is 12.9. The molecule has 1 saturated heterocycles. The van der Waals surface area contributed by atoms with Crippen molar-refractivity contribution in [3.8, 4) is 0 Å². The third kappa shape index (κ3) is 9.29. The molecule has 1 aliphatic rings. The van der Waals surface area contributed by atoms with Crippen LogP contribution in [0.2, 0.25) is 0 Å². The van der Waals surface area contributed by atoms with E-state index in [2.05, 4.69) is 26.0 Å². The molecule has 6 nitrogen and oxygen atoms in total. The van der Waals surface area contributed by atoms with Crippen molar-refractivity contribution in [1.29, 1.82) is 0 Å². The van der Waals surface area contributed by atoms with Crippen molar-refractivity contribution in [3.63, 3.8) is 0 Å². The Morgan fingerprint density at radius 1 is 1.16 bits per heavy atom. The zero-order valence-electron chi connectivity index (χ0n) is 20.5. The molecular weight excluding hydrogens is 408 g/mol. The fraction of sp³-hybridized carbons (Fsp3) is 0.692. The SMILES string of the molecule is CC(C)CCO[C@@H]1[C@@H](Cc2ccccc2)COC[C@H](CC(=O)OC(C)(C)C)C(=O)O[C@H]1C. The number of carbonyl (C=O) groups is 2. The van der Waals surface area contributed by atoms with Gasteiger partial charge in [0.05, 0.1) is 31.7 Å². The Balaban J connectivity index is 2.14. The second-order valence-corrected chi connectivity index (χ2v) is 10.1. The Kier molecular flexibility index (Phi) is 10.2. The molecule has 0 N–H and O–H groups in total. The van der Waals surface area contributed by atoms with E-state index in [0.717, 1.165) is 12.8 Å². The van der Waals surface area contributed by atoms with Crippen LogP contribution in [0.3, 0.4) is 0 Å². The molecule has 1 fully saturated rings. The second kappa shape index (κ2) is 12.4. The molecule has 0 saturated carbocycles. The maximum atomic E-state index is 12.9. The molecule has 6 heteroatoms. The van der Waals surface area contributed by atoms with Gasteiger partial charge in [0.15, 0.2) is 0 Å². The number of benzene rings is 1. The van der Waals surface area contributed by atoms with Gasteiger partial charge in [-0.15, -0.1) is 0 Å². The van der Waals surface area contributed by atoms with Gasteiger partial charge in [-0.1, -0.05) is 44.2 Å². The predicted octanol–water partition coefficient (Wildman–Crippen LogP) is 4.59. The van der Waals surface area contributed by atoms with Gasteiger partial charge in [-0.2, -0.15) is 0 Å². The topological polar surface area (TPSA) is 71.1 Å². The highest BCUT2D eigenvalue weighted by molar-refractivity contribution is 5.80. The number of cyclic esters (lactones) is 1. The molecule has 0 aromatic heterocycles. The Bertz CT molecular complexity index is 709. The summed E-state index contributed by atoms with van der Waals surface area (Å²) >= 11 is 0. The molecule has 1 aliphatic heterocycles. The van der Waals surface area contributed by atoms with Gasteiger partial charge in [0.1, 0.15) is 11.7 Å². The van der Waals surface area contributed by atoms with Gasteiger partial charge < -0.3 is 18.9 Å². The number of ether oxygens (including phenoxy) is 4. The molecule has 180 valence electrons. The molecule has 1 aromatic carbocycles. The molecule has 0 radical (unpaired) electrons. The first-order valence-corrected chi connectivity index (χ1v) is 11.7. The summed E-state index contributed by atoms with van der Waals surface area (Å²) in [5.41, 5.74) is 0.575. The standard InChI is InChI=1S/C26H40O6/c1-18(2)12-13-30-24-19(3)31-25(28)22(15-23(27)32-26(4,5)6)17-29-16-21(24)14-20-10-8-7-9-11-20/h7-11,18-19,21-22,24H,12-17H2,1-6H3/t19-,21-,22-,24-/m0/s1. The summed E-state index contributed by atoms with van der Waals surface area (Å²) in [6.07, 6.45) is 0.873. The highest BCUT2D eigenvalue weighted by Crippen LogP contribution is 2.25. The molecule has 0 amide bonds. The average molecular weight is 449 g/mol. The van der Waals surface area contributed by atoms with Crippen LogP contribution in [0.4, 0.5) is 0 Å². The van der Waals surface area contributed by atoms with Crippen molar-refractivity contribution in [2.24, 2.45) is 17.8 Å². The van der Waals surface area contributed by atoms with Crippen LogP contribution >= 0.6 is 0 Å². The molecule has 4 atom stereocenters. The molecule has 0 aliphatic carbocycles. The Labute approximate surface area is 193 Å². The summed E-state index contributed by atoms with van der Waals surface area (Å²) in [6, 6.07) is 10.2. The highest BCUT2D eigenvalue weighted by atomic mass is 16.6. The molecule has 2 rings (SSSR count). The molecule has 1 aromatic rings. The van der Waals surface area contributed by atoms with Crippen LogP contribution in [0.5, 0.6) is 0 Å². The lowest BCUT2D eigenvalue weighted by atomic mass is 9.91. The lowest BCUT2D eigenvalue weighted by molar-refractivity contribution is -0.168. The average Bonchev–Trinajstić information content (AvgIpc) is 2.72. The van der Waals surface area contributed by atoms with Crippen LogP contribution in [0.15, 0.2) is 30.3 Å². The molecule has 0 bridgehead atoms. The van der Waals surface area contributed by atoms with Gasteiger partial charge in [0.2, 0.25) is 0 Å². The second-order valence-electron chi connectivity index (χ2n) is 10.1. The quantitative estimate of drug-likeness (QED) is 0.542. The first kappa shape index (κ1) is 26.3. The van der Waals surface area contributed by atoms with Crippen LogP contribution < -0.4 is 0 Å². The van der Waals surface area contributed by atoms with Crippen molar-refractivity contribution in [2.45, 2.75) is 78.6 Å². The van der Waals surface area contributed by atoms with E-state index < -0.39 is 29.6 Å². The smallest absolute Gasteiger partial charge is 0.312 e. The van der Waals surface area contributed by atoms with E-state index in [9.17, 15) is 9.59 Å². The van der Waals surface area contributed by atoms with Gasteiger partial charge in [-0.05, 0) is 52.0 Å². The van der Waals surface area contributed by atoms with Crippen LogP contribution in [-0.2, 0) is 35.0 Å². The Morgan fingerprint density at radius 2 is 1.84 bits per heavy atom. The summed E-state index contributed by atoms with van der Waals surface area (Å²) < 4.78 is 23.4. The monoisotopic (exact) mass is 448 g/mol. The van der Waals surface area contributed by atoms with E-state index in [4.69, 9.17) is 18.9 Å². The van der Waals surface area contributed by atoms with E-state index in [1.807, 2.05) is 25.1 Å². The molecule has 1 heterocycles. The van der Waals surface area contributed by atoms with E-state index in [0.29, 0.717) is 19.1 Å². The highest BCUT2D eigenvalue weighted by Gasteiger charge is 2.36. The van der Waals surface area contributed by atoms with Crippen LogP contribution in [0, 0.1) is 17.8 Å². The van der Waals surface area contributed by atoms with Crippen molar-refractivity contribution in [1.82, 2.24) is 0 Å². The number of hydrogen-bond acceptors (Lipinski definition) is 6. The first-order chi connectivity index (χ1) is 15.0. The summed E-state index contributed by atoms with van der Waals surface area (Å²) in [6.45, 7) is 12.7. The normalized spacial score (nSPS) is 24.9. The van der Waals surface area contributed by atoms with Crippen molar-refractivity contribution in [2.75, 3.05) is 19.8 Å². The van der Waals surface area contributed by atoms with Crippen LogP contribution in [0.1, 0.15) is 59.9 Å². The minimum atomic E-state index is -0.695. The van der Waals surface area contributed by atoms with Gasteiger partial charge >= 0.3 is 11.9 Å². The number of carbonyl (C=O) groups excluding carboxylic acids is 2. The van der Waals surface area contributed by atoms with Gasteiger partial charge in [-0.3, -0.25) is 9.59 Å². The molecule has 0 spiro atoms. The van der Waals surface area contributed by atoms with Crippen LogP contribution in [-0.4, -0.2) is 49.6 Å². The fourth-order valence-electron chi connectivity index (χ4n) is 3.78. The van der Waals surface area contributed by atoms with Crippen molar-refractivity contribution < 1.29 is 28.5 Å². The predicted molar refractivity (Wildman–Crippen MR) is 123 cm³/mol. The Morgan fingerprint density at radius 3 is 2.47 bits per heavy atom. The summed E-state index contributed by atoms with van der Waals surface area (Å²) in [5.74, 6) is -1.03. The Hall–Kier alpha value is -1.92. The lowest BCUT2D eigenvalue weighted by Crippen LogP contribution is -2.40. The van der Waals surface area contributed by atoms with Crippen molar-refractivity contribution in [3.05, 3.63) is 35.9 Å². The fourth-order valence-corrected chi connectivity index (χ4v) is 3.78. The maximum Gasteiger partial charge on any atom is 0.312 e. The largest absolute Gasteiger partial charge is 0.460 e. The van der Waals surface area contributed by atoms with E-state index in [1.54, 1.807) is 20.8 Å². The van der Waals surface area contributed by atoms with Crippen LogP contribution in [0.25, 0.3) is 0 Å². The van der Waals surface area contributed by atoms with Gasteiger partial charge in [0.25, 0.3) is 0 Å². The zero-order chi connectivity index (χ0) is 23.7. The van der Waals surface area contributed by atoms with E-state index >= 15 is 0 Å². The number of rotatable bonds is 8. The zero-order valence-corrected chi connectivity index (χ0v) is 20.5.